The summed E-state index contributed by atoms with van der Waals surface area (Å²) in [5.41, 5.74) is 0.0972. The molecule has 5 heteroatoms. The number of phenolic OH excluding ortho intramolecular Hbond substituents is 1. The van der Waals surface area contributed by atoms with Gasteiger partial charge < -0.3 is 10.2 Å². The first kappa shape index (κ1) is 14.2. The Hall–Kier alpha value is -1.26. The number of halogens is 1. The lowest BCUT2D eigenvalue weighted by molar-refractivity contribution is -0.153. The molecule has 0 aliphatic carbocycles. The lowest BCUT2D eigenvalue weighted by Crippen LogP contribution is -2.54. The SMILES string of the molecule is CC1(C(=O)O)CCCCN1Cc1ccc(O)c(Cl)c1. The van der Waals surface area contributed by atoms with Gasteiger partial charge in [0.1, 0.15) is 11.3 Å². The van der Waals surface area contributed by atoms with E-state index in [1.807, 2.05) is 4.90 Å². The van der Waals surface area contributed by atoms with E-state index >= 15 is 0 Å². The number of aromatic hydroxyl groups is 1. The van der Waals surface area contributed by atoms with Gasteiger partial charge in [-0.25, -0.2) is 0 Å². The second kappa shape index (κ2) is 5.39. The van der Waals surface area contributed by atoms with Gasteiger partial charge in [0.05, 0.1) is 5.02 Å². The first-order chi connectivity index (χ1) is 8.93. The molecule has 1 unspecified atom stereocenters. The molecule has 0 aromatic heterocycles. The first-order valence-corrected chi connectivity index (χ1v) is 6.77. The van der Waals surface area contributed by atoms with Gasteiger partial charge in [-0.1, -0.05) is 17.7 Å². The third-order valence-corrected chi connectivity index (χ3v) is 4.19. The summed E-state index contributed by atoms with van der Waals surface area (Å²) in [6, 6.07) is 5.01. The topological polar surface area (TPSA) is 60.8 Å². The minimum absolute atomic E-state index is 0.0463. The van der Waals surface area contributed by atoms with Crippen LogP contribution in [0.25, 0.3) is 0 Å². The summed E-state index contributed by atoms with van der Waals surface area (Å²) < 4.78 is 0. The second-order valence-corrected chi connectivity index (χ2v) is 5.65. The molecule has 19 heavy (non-hydrogen) atoms. The fourth-order valence-corrected chi connectivity index (χ4v) is 2.74. The van der Waals surface area contributed by atoms with Crippen molar-refractivity contribution < 1.29 is 15.0 Å². The van der Waals surface area contributed by atoms with E-state index in [9.17, 15) is 15.0 Å². The van der Waals surface area contributed by atoms with E-state index in [2.05, 4.69) is 0 Å². The van der Waals surface area contributed by atoms with Crippen LogP contribution in [0.3, 0.4) is 0 Å². The highest BCUT2D eigenvalue weighted by atomic mass is 35.5. The Kier molecular flexibility index (Phi) is 4.02. The highest BCUT2D eigenvalue weighted by Gasteiger charge is 2.41. The van der Waals surface area contributed by atoms with Gasteiger partial charge in [0.2, 0.25) is 0 Å². The van der Waals surface area contributed by atoms with Crippen molar-refractivity contribution in [1.82, 2.24) is 4.90 Å². The summed E-state index contributed by atoms with van der Waals surface area (Å²) in [5, 5.41) is 19.1. The van der Waals surface area contributed by atoms with Crippen molar-refractivity contribution in [3.63, 3.8) is 0 Å². The van der Waals surface area contributed by atoms with Crippen LogP contribution in [0.1, 0.15) is 31.7 Å². The standard InChI is InChI=1S/C14H18ClNO3/c1-14(13(18)19)6-2-3-7-16(14)9-10-4-5-12(17)11(15)8-10/h4-5,8,17H,2-3,6-7,9H2,1H3,(H,18,19). The Balaban J connectivity index is 2.20. The number of likely N-dealkylation sites (tertiary alicyclic amines) is 1. The number of carboxylic acids is 1. The zero-order chi connectivity index (χ0) is 14.0. The van der Waals surface area contributed by atoms with Crippen LogP contribution in [-0.4, -0.2) is 33.2 Å². The van der Waals surface area contributed by atoms with Crippen LogP contribution in [0.2, 0.25) is 5.02 Å². The van der Waals surface area contributed by atoms with E-state index in [0.29, 0.717) is 18.0 Å². The monoisotopic (exact) mass is 283 g/mol. The number of phenols is 1. The van der Waals surface area contributed by atoms with E-state index in [4.69, 9.17) is 11.6 Å². The molecular weight excluding hydrogens is 266 g/mol. The zero-order valence-corrected chi connectivity index (χ0v) is 11.7. The normalized spacial score (nSPS) is 24.3. The van der Waals surface area contributed by atoms with Gasteiger partial charge in [0, 0.05) is 6.54 Å². The Labute approximate surface area is 117 Å². The molecule has 1 aliphatic heterocycles. The number of aliphatic carboxylic acids is 1. The van der Waals surface area contributed by atoms with Gasteiger partial charge in [-0.3, -0.25) is 9.69 Å². The van der Waals surface area contributed by atoms with Crippen LogP contribution in [-0.2, 0) is 11.3 Å². The van der Waals surface area contributed by atoms with Crippen molar-refractivity contribution >= 4 is 17.6 Å². The van der Waals surface area contributed by atoms with E-state index < -0.39 is 11.5 Å². The minimum Gasteiger partial charge on any atom is -0.506 e. The molecule has 1 aliphatic rings. The predicted molar refractivity (Wildman–Crippen MR) is 73.4 cm³/mol. The fourth-order valence-electron chi connectivity index (χ4n) is 2.54. The Morgan fingerprint density at radius 1 is 1.47 bits per heavy atom. The predicted octanol–water partition coefficient (Wildman–Crippen LogP) is 2.87. The molecule has 0 radical (unpaired) electrons. The molecule has 0 bridgehead atoms. The summed E-state index contributed by atoms with van der Waals surface area (Å²) in [5.74, 6) is -0.734. The van der Waals surface area contributed by atoms with Crippen molar-refractivity contribution in [2.45, 2.75) is 38.3 Å². The fraction of sp³-hybridized carbons (Fsp3) is 0.500. The van der Waals surface area contributed by atoms with Crippen molar-refractivity contribution in [3.8, 4) is 5.75 Å². The molecule has 0 spiro atoms. The third kappa shape index (κ3) is 2.85. The van der Waals surface area contributed by atoms with Crippen LogP contribution in [0.5, 0.6) is 5.75 Å². The molecule has 0 amide bonds. The van der Waals surface area contributed by atoms with Gasteiger partial charge in [0.15, 0.2) is 0 Å². The average molecular weight is 284 g/mol. The zero-order valence-electron chi connectivity index (χ0n) is 10.9. The molecule has 0 saturated carbocycles. The third-order valence-electron chi connectivity index (χ3n) is 3.89. The largest absolute Gasteiger partial charge is 0.506 e. The summed E-state index contributed by atoms with van der Waals surface area (Å²) in [6.45, 7) is 3.07. The number of benzene rings is 1. The van der Waals surface area contributed by atoms with Gasteiger partial charge >= 0.3 is 5.97 Å². The summed E-state index contributed by atoms with van der Waals surface area (Å²) in [7, 11) is 0. The highest BCUT2D eigenvalue weighted by Crippen LogP contribution is 2.31. The van der Waals surface area contributed by atoms with Crippen LogP contribution in [0.4, 0.5) is 0 Å². The van der Waals surface area contributed by atoms with Crippen LogP contribution in [0, 0.1) is 0 Å². The van der Waals surface area contributed by atoms with Crippen molar-refractivity contribution in [1.29, 1.82) is 0 Å². The lowest BCUT2D eigenvalue weighted by Gasteiger charge is -2.41. The van der Waals surface area contributed by atoms with Crippen molar-refractivity contribution in [2.75, 3.05) is 6.54 Å². The van der Waals surface area contributed by atoms with Crippen molar-refractivity contribution in [3.05, 3.63) is 28.8 Å². The summed E-state index contributed by atoms with van der Waals surface area (Å²) in [6.07, 6.45) is 2.61. The molecule has 1 aromatic carbocycles. The smallest absolute Gasteiger partial charge is 0.323 e. The van der Waals surface area contributed by atoms with Crippen LogP contribution in [0.15, 0.2) is 18.2 Å². The molecule has 1 heterocycles. The molecule has 104 valence electrons. The van der Waals surface area contributed by atoms with E-state index in [0.717, 1.165) is 24.9 Å². The average Bonchev–Trinajstić information content (AvgIpc) is 2.36. The van der Waals surface area contributed by atoms with E-state index in [1.54, 1.807) is 25.1 Å². The highest BCUT2D eigenvalue weighted by molar-refractivity contribution is 6.32. The number of nitrogens with zero attached hydrogens (tertiary/aromatic N) is 1. The number of carbonyl (C=O) groups is 1. The van der Waals surface area contributed by atoms with Gasteiger partial charge in [-0.05, 0) is 50.4 Å². The molecular formula is C14H18ClNO3. The quantitative estimate of drug-likeness (QED) is 0.895. The van der Waals surface area contributed by atoms with Crippen LogP contribution < -0.4 is 0 Å². The molecule has 1 atom stereocenters. The maximum absolute atomic E-state index is 11.5. The molecule has 1 fully saturated rings. The van der Waals surface area contributed by atoms with E-state index in [1.165, 1.54) is 0 Å². The maximum Gasteiger partial charge on any atom is 0.323 e. The molecule has 4 nitrogen and oxygen atoms in total. The van der Waals surface area contributed by atoms with Crippen LogP contribution >= 0.6 is 11.6 Å². The number of hydrogen-bond acceptors (Lipinski definition) is 3. The number of hydrogen-bond donors (Lipinski definition) is 2. The van der Waals surface area contributed by atoms with Gasteiger partial charge in [0.25, 0.3) is 0 Å². The Morgan fingerprint density at radius 2 is 2.21 bits per heavy atom. The van der Waals surface area contributed by atoms with Crippen molar-refractivity contribution in [2.24, 2.45) is 0 Å². The van der Waals surface area contributed by atoms with Gasteiger partial charge in [-0.15, -0.1) is 0 Å². The van der Waals surface area contributed by atoms with Gasteiger partial charge in [-0.2, -0.15) is 0 Å². The summed E-state index contributed by atoms with van der Waals surface area (Å²) in [4.78, 5) is 13.5. The Bertz CT molecular complexity index is 492. The molecule has 1 saturated heterocycles. The number of carboxylic acid groups (broad SMARTS) is 1. The lowest BCUT2D eigenvalue weighted by atomic mass is 9.88. The molecule has 1 aromatic rings. The Morgan fingerprint density at radius 3 is 2.84 bits per heavy atom. The molecule has 2 rings (SSSR count). The molecule has 2 N–H and O–H groups in total. The summed E-state index contributed by atoms with van der Waals surface area (Å²) >= 11 is 5.88. The number of rotatable bonds is 3. The maximum atomic E-state index is 11.5. The van der Waals surface area contributed by atoms with E-state index in [-0.39, 0.29) is 5.75 Å². The minimum atomic E-state index is -0.817. The first-order valence-electron chi connectivity index (χ1n) is 6.39. The second-order valence-electron chi connectivity index (χ2n) is 5.24. The number of piperidine rings is 1.